The number of hydrogen-bond acceptors (Lipinski definition) is 1. The Kier molecular flexibility index (Phi) is 5.71. The highest BCUT2D eigenvalue weighted by molar-refractivity contribution is 9.10. The number of anilines is 1. The van der Waals surface area contributed by atoms with Crippen molar-refractivity contribution in [3.63, 3.8) is 0 Å². The number of carbonyl (C=O) groups excluding carboxylic acids is 1. The second-order valence-corrected chi connectivity index (χ2v) is 6.45. The summed E-state index contributed by atoms with van der Waals surface area (Å²) in [7, 11) is 0. The van der Waals surface area contributed by atoms with Gasteiger partial charge in [0.15, 0.2) is 0 Å². The Hall–Kier alpha value is -0.540. The number of rotatable bonds is 2. The van der Waals surface area contributed by atoms with Crippen molar-refractivity contribution in [2.75, 3.05) is 5.32 Å². The van der Waals surface area contributed by atoms with Crippen LogP contribution in [0.2, 0.25) is 5.02 Å². The van der Waals surface area contributed by atoms with Crippen molar-refractivity contribution in [1.82, 2.24) is 0 Å². The molecular formula is C15H19BrClNO. The van der Waals surface area contributed by atoms with Crippen molar-refractivity contribution in [3.05, 3.63) is 27.7 Å². The highest BCUT2D eigenvalue weighted by Gasteiger charge is 2.20. The van der Waals surface area contributed by atoms with E-state index in [2.05, 4.69) is 21.2 Å². The van der Waals surface area contributed by atoms with Crippen molar-refractivity contribution in [3.8, 4) is 0 Å². The van der Waals surface area contributed by atoms with Gasteiger partial charge in [0.1, 0.15) is 0 Å². The Bertz CT molecular complexity index is 442. The fourth-order valence-corrected chi connectivity index (χ4v) is 3.06. The Morgan fingerprint density at radius 1 is 1.16 bits per heavy atom. The van der Waals surface area contributed by atoms with E-state index in [4.69, 9.17) is 11.6 Å². The SMILES string of the molecule is O=C(Nc1cc(Cl)ccc1Br)C1CCCCCCC1. The average molecular weight is 345 g/mol. The molecule has 4 heteroatoms. The summed E-state index contributed by atoms with van der Waals surface area (Å²) >= 11 is 9.40. The average Bonchev–Trinajstić information content (AvgIpc) is 2.33. The summed E-state index contributed by atoms with van der Waals surface area (Å²) in [6.45, 7) is 0. The van der Waals surface area contributed by atoms with Gasteiger partial charge in [-0.2, -0.15) is 0 Å². The molecule has 0 aromatic heterocycles. The van der Waals surface area contributed by atoms with Gasteiger partial charge in [-0.15, -0.1) is 0 Å². The minimum absolute atomic E-state index is 0.130. The Morgan fingerprint density at radius 3 is 2.47 bits per heavy atom. The molecule has 1 amide bonds. The number of amides is 1. The molecule has 1 aliphatic carbocycles. The van der Waals surface area contributed by atoms with E-state index >= 15 is 0 Å². The topological polar surface area (TPSA) is 29.1 Å². The van der Waals surface area contributed by atoms with Crippen molar-refractivity contribution in [2.24, 2.45) is 5.92 Å². The third-order valence-corrected chi connectivity index (χ3v) is 4.59. The van der Waals surface area contributed by atoms with Crippen molar-refractivity contribution in [1.29, 1.82) is 0 Å². The second-order valence-electron chi connectivity index (χ2n) is 5.16. The summed E-state index contributed by atoms with van der Waals surface area (Å²) in [6, 6.07) is 5.44. The molecule has 2 rings (SSSR count). The molecule has 1 aromatic rings. The molecule has 1 N–H and O–H groups in total. The predicted octanol–water partition coefficient (Wildman–Crippen LogP) is 5.40. The molecule has 1 saturated carbocycles. The molecule has 0 bridgehead atoms. The first-order chi connectivity index (χ1) is 9.16. The monoisotopic (exact) mass is 343 g/mol. The lowest BCUT2D eigenvalue weighted by molar-refractivity contribution is -0.120. The molecule has 0 unspecified atom stereocenters. The Balaban J connectivity index is 2.00. The zero-order valence-corrected chi connectivity index (χ0v) is 13.3. The summed E-state index contributed by atoms with van der Waals surface area (Å²) in [6.07, 6.45) is 8.15. The Morgan fingerprint density at radius 2 is 1.79 bits per heavy atom. The van der Waals surface area contributed by atoms with E-state index < -0.39 is 0 Å². The highest BCUT2D eigenvalue weighted by atomic mass is 79.9. The summed E-state index contributed by atoms with van der Waals surface area (Å²) < 4.78 is 0.871. The van der Waals surface area contributed by atoms with Gasteiger partial charge in [-0.05, 0) is 47.0 Å². The van der Waals surface area contributed by atoms with Crippen LogP contribution in [0.4, 0.5) is 5.69 Å². The maximum atomic E-state index is 12.3. The van der Waals surface area contributed by atoms with E-state index in [9.17, 15) is 4.79 Å². The van der Waals surface area contributed by atoms with Crippen LogP contribution in [-0.2, 0) is 4.79 Å². The minimum Gasteiger partial charge on any atom is -0.325 e. The van der Waals surface area contributed by atoms with Crippen LogP contribution >= 0.6 is 27.5 Å². The molecule has 1 aromatic carbocycles. The summed E-state index contributed by atoms with van der Waals surface area (Å²) in [5.41, 5.74) is 0.763. The zero-order valence-electron chi connectivity index (χ0n) is 10.9. The molecule has 0 saturated heterocycles. The summed E-state index contributed by atoms with van der Waals surface area (Å²) in [4.78, 5) is 12.3. The van der Waals surface area contributed by atoms with Crippen molar-refractivity contribution < 1.29 is 4.79 Å². The minimum atomic E-state index is 0.130. The summed E-state index contributed by atoms with van der Waals surface area (Å²) in [5, 5.41) is 3.63. The third kappa shape index (κ3) is 4.50. The van der Waals surface area contributed by atoms with Crippen LogP contribution in [0.15, 0.2) is 22.7 Å². The number of benzene rings is 1. The third-order valence-electron chi connectivity index (χ3n) is 3.66. The van der Waals surface area contributed by atoms with Crippen LogP contribution in [0.1, 0.15) is 44.9 Å². The first-order valence-corrected chi connectivity index (χ1v) is 8.10. The number of halogens is 2. The lowest BCUT2D eigenvalue weighted by Crippen LogP contribution is -2.23. The molecule has 0 radical (unpaired) electrons. The van der Waals surface area contributed by atoms with E-state index in [-0.39, 0.29) is 11.8 Å². The maximum absolute atomic E-state index is 12.3. The van der Waals surface area contributed by atoms with Gasteiger partial charge in [0, 0.05) is 15.4 Å². The van der Waals surface area contributed by atoms with Crippen LogP contribution < -0.4 is 5.32 Å². The normalized spacial score (nSPS) is 17.6. The van der Waals surface area contributed by atoms with Crippen LogP contribution in [0.5, 0.6) is 0 Å². The second kappa shape index (κ2) is 7.30. The van der Waals surface area contributed by atoms with E-state index in [1.54, 1.807) is 12.1 Å². The van der Waals surface area contributed by atoms with E-state index in [1.807, 2.05) is 6.07 Å². The first-order valence-electron chi connectivity index (χ1n) is 6.93. The summed E-state index contributed by atoms with van der Waals surface area (Å²) in [5.74, 6) is 0.274. The van der Waals surface area contributed by atoms with Gasteiger partial charge < -0.3 is 5.32 Å². The largest absolute Gasteiger partial charge is 0.325 e. The van der Waals surface area contributed by atoms with Crippen LogP contribution in [0, 0.1) is 5.92 Å². The first kappa shape index (κ1) is 14.9. The molecule has 2 nitrogen and oxygen atoms in total. The molecule has 0 aliphatic heterocycles. The molecule has 0 heterocycles. The molecule has 19 heavy (non-hydrogen) atoms. The van der Waals surface area contributed by atoms with Gasteiger partial charge in [0.05, 0.1) is 5.69 Å². The standard InChI is InChI=1S/C15H19BrClNO/c16-13-9-8-12(17)10-14(13)18-15(19)11-6-4-2-1-3-5-7-11/h8-11H,1-7H2,(H,18,19). The van der Waals surface area contributed by atoms with Gasteiger partial charge in [0.25, 0.3) is 0 Å². The number of hydrogen-bond donors (Lipinski definition) is 1. The van der Waals surface area contributed by atoms with E-state index in [1.165, 1.54) is 19.3 Å². The molecule has 1 aliphatic rings. The number of nitrogens with one attached hydrogen (secondary N) is 1. The van der Waals surface area contributed by atoms with Crippen molar-refractivity contribution in [2.45, 2.75) is 44.9 Å². The molecule has 0 spiro atoms. The van der Waals surface area contributed by atoms with Gasteiger partial charge in [-0.1, -0.05) is 43.7 Å². The Labute approximate surface area is 128 Å². The van der Waals surface area contributed by atoms with Gasteiger partial charge in [-0.3, -0.25) is 4.79 Å². The molecule has 0 atom stereocenters. The predicted molar refractivity (Wildman–Crippen MR) is 83.6 cm³/mol. The fourth-order valence-electron chi connectivity index (χ4n) is 2.55. The quantitative estimate of drug-likeness (QED) is 0.764. The lowest BCUT2D eigenvalue weighted by Gasteiger charge is -2.19. The number of carbonyl (C=O) groups is 1. The maximum Gasteiger partial charge on any atom is 0.227 e. The van der Waals surface area contributed by atoms with Crippen molar-refractivity contribution >= 4 is 39.1 Å². The van der Waals surface area contributed by atoms with Gasteiger partial charge in [-0.25, -0.2) is 0 Å². The zero-order chi connectivity index (χ0) is 13.7. The van der Waals surface area contributed by atoms with Crippen LogP contribution in [-0.4, -0.2) is 5.91 Å². The fraction of sp³-hybridized carbons (Fsp3) is 0.533. The molecular weight excluding hydrogens is 326 g/mol. The lowest BCUT2D eigenvalue weighted by atomic mass is 9.90. The van der Waals surface area contributed by atoms with E-state index in [0.29, 0.717) is 5.02 Å². The van der Waals surface area contributed by atoms with Crippen LogP contribution in [0.25, 0.3) is 0 Å². The van der Waals surface area contributed by atoms with Gasteiger partial charge in [0.2, 0.25) is 5.91 Å². The molecule has 104 valence electrons. The highest BCUT2D eigenvalue weighted by Crippen LogP contribution is 2.28. The smallest absolute Gasteiger partial charge is 0.227 e. The van der Waals surface area contributed by atoms with Gasteiger partial charge >= 0.3 is 0 Å². The van der Waals surface area contributed by atoms with Crippen LogP contribution in [0.3, 0.4) is 0 Å². The van der Waals surface area contributed by atoms with E-state index in [0.717, 1.165) is 35.8 Å². The molecule has 1 fully saturated rings.